The van der Waals surface area contributed by atoms with Gasteiger partial charge in [0, 0.05) is 6.42 Å². The Hall–Kier alpha value is -0.570. The molecule has 0 aliphatic rings. The summed E-state index contributed by atoms with van der Waals surface area (Å²) in [6.45, 7) is 8.07. The van der Waals surface area contributed by atoms with E-state index in [2.05, 4.69) is 0 Å². The van der Waals surface area contributed by atoms with Crippen molar-refractivity contribution >= 4 is 5.84 Å². The van der Waals surface area contributed by atoms with Gasteiger partial charge in [0.1, 0.15) is 0 Å². The Labute approximate surface area is 74.8 Å². The third-order valence-electron chi connectivity index (χ3n) is 1.42. The lowest BCUT2D eigenvalue weighted by atomic mass is 10.1. The zero-order valence-electron chi connectivity index (χ0n) is 8.48. The number of hydrogen-bond donors (Lipinski definition) is 2. The number of amidine groups is 1. The number of nitrogens with one attached hydrogen (secondary N) is 1. The molecule has 0 spiro atoms. The van der Waals surface area contributed by atoms with Gasteiger partial charge in [-0.05, 0) is 27.2 Å². The molecule has 3 N–H and O–H groups in total. The lowest BCUT2D eigenvalue weighted by Gasteiger charge is -2.26. The summed E-state index contributed by atoms with van der Waals surface area (Å²) in [5.74, 6) is 0.200. The van der Waals surface area contributed by atoms with E-state index in [1.165, 1.54) is 0 Å². The SMILES string of the molecule is CCC(CC(=N)N)OC(C)(C)C. The fourth-order valence-corrected chi connectivity index (χ4v) is 1.01. The molecular formula is C9H20N2O. The summed E-state index contributed by atoms with van der Waals surface area (Å²) in [4.78, 5) is 0. The zero-order chi connectivity index (χ0) is 9.78. The van der Waals surface area contributed by atoms with Crippen molar-refractivity contribution in [1.82, 2.24) is 0 Å². The minimum absolute atomic E-state index is 0.0856. The van der Waals surface area contributed by atoms with Gasteiger partial charge in [-0.25, -0.2) is 0 Å². The van der Waals surface area contributed by atoms with E-state index in [4.69, 9.17) is 15.9 Å². The predicted molar refractivity (Wildman–Crippen MR) is 51.4 cm³/mol. The van der Waals surface area contributed by atoms with Crippen molar-refractivity contribution in [1.29, 1.82) is 5.41 Å². The fourth-order valence-electron chi connectivity index (χ4n) is 1.01. The average molecular weight is 172 g/mol. The van der Waals surface area contributed by atoms with Crippen LogP contribution >= 0.6 is 0 Å². The molecule has 0 bridgehead atoms. The molecular weight excluding hydrogens is 152 g/mol. The second-order valence-corrected chi connectivity index (χ2v) is 3.99. The van der Waals surface area contributed by atoms with Crippen LogP contribution in [-0.2, 0) is 4.74 Å². The molecule has 12 heavy (non-hydrogen) atoms. The standard InChI is InChI=1S/C9H20N2O/c1-5-7(6-8(10)11)12-9(2,3)4/h7H,5-6H2,1-4H3,(H3,10,11). The molecule has 0 amide bonds. The molecule has 0 aromatic heterocycles. The highest BCUT2D eigenvalue weighted by Crippen LogP contribution is 2.14. The first-order chi connectivity index (χ1) is 5.35. The van der Waals surface area contributed by atoms with Gasteiger partial charge in [0.05, 0.1) is 17.5 Å². The summed E-state index contributed by atoms with van der Waals surface area (Å²) in [6, 6.07) is 0. The van der Waals surface area contributed by atoms with E-state index in [0.29, 0.717) is 6.42 Å². The van der Waals surface area contributed by atoms with Gasteiger partial charge in [-0.1, -0.05) is 6.92 Å². The van der Waals surface area contributed by atoms with E-state index >= 15 is 0 Å². The summed E-state index contributed by atoms with van der Waals surface area (Å²) in [7, 11) is 0. The Morgan fingerprint density at radius 3 is 2.25 bits per heavy atom. The van der Waals surface area contributed by atoms with Gasteiger partial charge < -0.3 is 10.5 Å². The van der Waals surface area contributed by atoms with E-state index in [9.17, 15) is 0 Å². The molecule has 0 radical (unpaired) electrons. The molecule has 0 rings (SSSR count). The predicted octanol–water partition coefficient (Wildman–Crippen LogP) is 1.91. The minimum Gasteiger partial charge on any atom is -0.388 e. The van der Waals surface area contributed by atoms with Crippen LogP contribution in [0.4, 0.5) is 0 Å². The van der Waals surface area contributed by atoms with Crippen molar-refractivity contribution in [3.8, 4) is 0 Å². The quantitative estimate of drug-likeness (QED) is 0.502. The molecule has 0 aliphatic carbocycles. The molecule has 0 aliphatic heterocycles. The lowest BCUT2D eigenvalue weighted by Crippen LogP contribution is -2.30. The first kappa shape index (κ1) is 11.4. The van der Waals surface area contributed by atoms with E-state index in [-0.39, 0.29) is 17.5 Å². The van der Waals surface area contributed by atoms with Crippen molar-refractivity contribution in [2.75, 3.05) is 0 Å². The fraction of sp³-hybridized carbons (Fsp3) is 0.889. The van der Waals surface area contributed by atoms with E-state index in [1.54, 1.807) is 0 Å². The Morgan fingerprint density at radius 2 is 2.00 bits per heavy atom. The lowest BCUT2D eigenvalue weighted by molar-refractivity contribution is -0.0575. The summed E-state index contributed by atoms with van der Waals surface area (Å²) in [5, 5.41) is 7.13. The van der Waals surface area contributed by atoms with Crippen LogP contribution in [0.25, 0.3) is 0 Å². The summed E-state index contributed by atoms with van der Waals surface area (Å²) in [6.07, 6.45) is 1.52. The topological polar surface area (TPSA) is 59.1 Å². The Morgan fingerprint density at radius 1 is 1.50 bits per heavy atom. The molecule has 1 atom stereocenters. The first-order valence-corrected chi connectivity index (χ1v) is 4.36. The van der Waals surface area contributed by atoms with Gasteiger partial charge in [-0.15, -0.1) is 0 Å². The maximum absolute atomic E-state index is 7.13. The van der Waals surface area contributed by atoms with Crippen LogP contribution in [0, 0.1) is 5.41 Å². The van der Waals surface area contributed by atoms with E-state index in [0.717, 1.165) is 6.42 Å². The Kier molecular flexibility index (Phi) is 4.24. The van der Waals surface area contributed by atoms with Crippen LogP contribution in [0.5, 0.6) is 0 Å². The van der Waals surface area contributed by atoms with Gasteiger partial charge in [-0.2, -0.15) is 0 Å². The molecule has 1 unspecified atom stereocenters. The van der Waals surface area contributed by atoms with Gasteiger partial charge in [-0.3, -0.25) is 5.41 Å². The van der Waals surface area contributed by atoms with Crippen LogP contribution < -0.4 is 5.73 Å². The maximum Gasteiger partial charge on any atom is 0.0931 e. The monoisotopic (exact) mass is 172 g/mol. The van der Waals surface area contributed by atoms with Gasteiger partial charge in [0.2, 0.25) is 0 Å². The molecule has 0 heterocycles. The third-order valence-corrected chi connectivity index (χ3v) is 1.42. The van der Waals surface area contributed by atoms with Crippen LogP contribution in [0.15, 0.2) is 0 Å². The summed E-state index contributed by atoms with van der Waals surface area (Å²) >= 11 is 0. The highest BCUT2D eigenvalue weighted by Gasteiger charge is 2.17. The van der Waals surface area contributed by atoms with Crippen molar-refractivity contribution in [3.05, 3.63) is 0 Å². The molecule has 72 valence electrons. The van der Waals surface area contributed by atoms with Gasteiger partial charge in [0.15, 0.2) is 0 Å². The molecule has 0 fully saturated rings. The molecule has 0 aromatic carbocycles. The van der Waals surface area contributed by atoms with E-state index < -0.39 is 0 Å². The molecule has 3 nitrogen and oxygen atoms in total. The van der Waals surface area contributed by atoms with Gasteiger partial charge in [0.25, 0.3) is 0 Å². The largest absolute Gasteiger partial charge is 0.388 e. The first-order valence-electron chi connectivity index (χ1n) is 4.36. The van der Waals surface area contributed by atoms with Crippen molar-refractivity contribution in [2.24, 2.45) is 5.73 Å². The number of nitrogens with two attached hydrogens (primary N) is 1. The molecule has 0 saturated heterocycles. The smallest absolute Gasteiger partial charge is 0.0931 e. The van der Waals surface area contributed by atoms with Crippen molar-refractivity contribution in [3.63, 3.8) is 0 Å². The second kappa shape index (κ2) is 4.45. The number of ether oxygens (including phenoxy) is 1. The Bertz CT molecular complexity index is 149. The number of hydrogen-bond acceptors (Lipinski definition) is 2. The minimum atomic E-state index is -0.143. The van der Waals surface area contributed by atoms with Crippen molar-refractivity contribution < 1.29 is 4.74 Å². The molecule has 0 saturated carbocycles. The van der Waals surface area contributed by atoms with Crippen LogP contribution in [0.2, 0.25) is 0 Å². The van der Waals surface area contributed by atoms with Crippen LogP contribution in [0.3, 0.4) is 0 Å². The van der Waals surface area contributed by atoms with E-state index in [1.807, 2.05) is 27.7 Å². The zero-order valence-corrected chi connectivity index (χ0v) is 8.48. The van der Waals surface area contributed by atoms with Gasteiger partial charge >= 0.3 is 0 Å². The Balaban J connectivity index is 3.92. The second-order valence-electron chi connectivity index (χ2n) is 3.99. The van der Waals surface area contributed by atoms with Crippen LogP contribution in [-0.4, -0.2) is 17.5 Å². The summed E-state index contributed by atoms with van der Waals surface area (Å²) < 4.78 is 5.68. The normalized spacial score (nSPS) is 14.3. The third kappa shape index (κ3) is 6.16. The maximum atomic E-state index is 7.13. The van der Waals surface area contributed by atoms with Crippen LogP contribution in [0.1, 0.15) is 40.5 Å². The highest BCUT2D eigenvalue weighted by molar-refractivity contribution is 5.77. The molecule has 3 heteroatoms. The van der Waals surface area contributed by atoms with Crippen molar-refractivity contribution in [2.45, 2.75) is 52.2 Å². The summed E-state index contributed by atoms with van der Waals surface area (Å²) in [5.41, 5.74) is 5.15. The average Bonchev–Trinajstić information content (AvgIpc) is 1.82. The molecule has 0 aromatic rings. The highest BCUT2D eigenvalue weighted by atomic mass is 16.5. The number of rotatable bonds is 4.